The van der Waals surface area contributed by atoms with Crippen LogP contribution in [0, 0.1) is 13.8 Å². The fraction of sp³-hybridized carbons (Fsp3) is 0.810. The third kappa shape index (κ3) is 7.95. The highest BCUT2D eigenvalue weighted by Crippen LogP contribution is 2.19. The molecule has 0 bridgehead atoms. The molecule has 0 saturated carbocycles. The van der Waals surface area contributed by atoms with Crippen molar-refractivity contribution in [1.29, 1.82) is 0 Å². The molecule has 1 aromatic heterocycles. The number of rotatable bonds is 7. The highest BCUT2D eigenvalue weighted by atomic mass is 127. The molecule has 29 heavy (non-hydrogen) atoms. The topological polar surface area (TPSA) is 59.0 Å². The number of halogens is 1. The van der Waals surface area contributed by atoms with Gasteiger partial charge in [-0.1, -0.05) is 0 Å². The fourth-order valence-corrected chi connectivity index (χ4v) is 4.84. The molecule has 0 amide bonds. The number of ether oxygens (including phenoxy) is 2. The molecule has 0 spiro atoms. The summed E-state index contributed by atoms with van der Waals surface area (Å²) in [4.78, 5) is 13.1. The van der Waals surface area contributed by atoms with E-state index >= 15 is 0 Å². The van der Waals surface area contributed by atoms with Gasteiger partial charge in [-0.05, 0) is 52.9 Å². The van der Waals surface area contributed by atoms with Gasteiger partial charge in [0.2, 0.25) is 0 Å². The van der Waals surface area contributed by atoms with Crippen LogP contribution in [-0.4, -0.2) is 67.4 Å². The average Bonchev–Trinajstić information content (AvgIpc) is 3.04. The quantitative estimate of drug-likeness (QED) is 0.325. The van der Waals surface area contributed by atoms with Crippen molar-refractivity contribution in [2.24, 2.45) is 4.99 Å². The number of likely N-dealkylation sites (tertiary alicyclic amines) is 1. The first kappa shape index (κ1) is 24.8. The number of aryl methyl sites for hydroxylation is 2. The van der Waals surface area contributed by atoms with Crippen molar-refractivity contribution in [2.45, 2.75) is 71.5 Å². The van der Waals surface area contributed by atoms with Gasteiger partial charge in [-0.2, -0.15) is 0 Å². The second-order valence-electron chi connectivity index (χ2n) is 7.74. The van der Waals surface area contributed by atoms with Crippen molar-refractivity contribution < 1.29 is 9.47 Å². The van der Waals surface area contributed by atoms with Crippen LogP contribution in [0.4, 0.5) is 0 Å². The molecule has 3 heterocycles. The van der Waals surface area contributed by atoms with Crippen molar-refractivity contribution in [3.8, 4) is 0 Å². The number of hydrogen-bond donors (Lipinski definition) is 1. The molecule has 1 N–H and O–H groups in total. The number of nitrogens with one attached hydrogen (secondary N) is 1. The number of aliphatic imine (C=N–C) groups is 1. The van der Waals surface area contributed by atoms with Crippen molar-refractivity contribution in [3.05, 3.63) is 15.6 Å². The van der Waals surface area contributed by atoms with Crippen LogP contribution in [0.2, 0.25) is 0 Å². The molecule has 166 valence electrons. The normalized spacial score (nSPS) is 21.1. The molecule has 0 aliphatic carbocycles. The van der Waals surface area contributed by atoms with E-state index in [-0.39, 0.29) is 24.0 Å². The molecule has 2 fully saturated rings. The minimum Gasteiger partial charge on any atom is -0.376 e. The van der Waals surface area contributed by atoms with Crippen LogP contribution < -0.4 is 5.32 Å². The maximum atomic E-state index is 6.15. The lowest BCUT2D eigenvalue weighted by Gasteiger charge is -2.35. The summed E-state index contributed by atoms with van der Waals surface area (Å²) in [6, 6.07) is 0. The lowest BCUT2D eigenvalue weighted by atomic mass is 10.1. The summed E-state index contributed by atoms with van der Waals surface area (Å²) >= 11 is 1.79. The summed E-state index contributed by atoms with van der Waals surface area (Å²) in [7, 11) is 0. The summed E-state index contributed by atoms with van der Waals surface area (Å²) in [5.41, 5.74) is 1.16. The summed E-state index contributed by atoms with van der Waals surface area (Å²) < 4.78 is 11.9. The monoisotopic (exact) mass is 536 g/mol. The molecule has 1 aromatic rings. The zero-order valence-electron chi connectivity index (χ0n) is 18.1. The maximum Gasteiger partial charge on any atom is 0.193 e. The number of hydrogen-bond acceptors (Lipinski definition) is 5. The largest absolute Gasteiger partial charge is 0.376 e. The highest BCUT2D eigenvalue weighted by molar-refractivity contribution is 14.0. The Bertz CT molecular complexity index is 626. The summed E-state index contributed by atoms with van der Waals surface area (Å²) in [5.74, 6) is 1.04. The van der Waals surface area contributed by atoms with E-state index in [1.165, 1.54) is 17.7 Å². The van der Waals surface area contributed by atoms with Crippen LogP contribution in [0.1, 0.15) is 54.6 Å². The number of guanidine groups is 1. The van der Waals surface area contributed by atoms with Gasteiger partial charge < -0.3 is 19.7 Å². The zero-order valence-corrected chi connectivity index (χ0v) is 21.3. The van der Waals surface area contributed by atoms with E-state index in [4.69, 9.17) is 14.5 Å². The summed E-state index contributed by atoms with van der Waals surface area (Å²) in [5, 5.41) is 4.60. The third-order valence-corrected chi connectivity index (χ3v) is 6.60. The van der Waals surface area contributed by atoms with E-state index in [9.17, 15) is 0 Å². The van der Waals surface area contributed by atoms with Crippen LogP contribution >= 0.6 is 35.3 Å². The highest BCUT2D eigenvalue weighted by Gasteiger charge is 2.23. The Morgan fingerprint density at radius 1 is 1.28 bits per heavy atom. The maximum absolute atomic E-state index is 6.15. The first-order chi connectivity index (χ1) is 13.7. The van der Waals surface area contributed by atoms with Crippen LogP contribution in [0.15, 0.2) is 4.99 Å². The van der Waals surface area contributed by atoms with Gasteiger partial charge in [-0.25, -0.2) is 4.98 Å². The first-order valence-electron chi connectivity index (χ1n) is 10.8. The Balaban J connectivity index is 0.00000300. The number of aromatic nitrogens is 1. The van der Waals surface area contributed by atoms with Gasteiger partial charge in [0.15, 0.2) is 5.96 Å². The number of nitrogens with zero attached hydrogens (tertiary/aromatic N) is 3. The molecule has 8 heteroatoms. The van der Waals surface area contributed by atoms with E-state index in [0.717, 1.165) is 81.7 Å². The van der Waals surface area contributed by atoms with Crippen molar-refractivity contribution in [3.63, 3.8) is 0 Å². The summed E-state index contributed by atoms with van der Waals surface area (Å²) in [6.45, 7) is 11.7. The predicted octanol–water partition coefficient (Wildman–Crippen LogP) is 3.94. The molecule has 1 atom stereocenters. The van der Waals surface area contributed by atoms with Gasteiger partial charge >= 0.3 is 0 Å². The minimum absolute atomic E-state index is 0. The van der Waals surface area contributed by atoms with Gasteiger partial charge in [-0.3, -0.25) is 4.99 Å². The second-order valence-corrected chi connectivity index (χ2v) is 9.02. The van der Waals surface area contributed by atoms with E-state index in [0.29, 0.717) is 12.2 Å². The van der Waals surface area contributed by atoms with Gasteiger partial charge in [0.1, 0.15) is 0 Å². The Labute approximate surface area is 196 Å². The Morgan fingerprint density at radius 2 is 2.07 bits per heavy atom. The zero-order chi connectivity index (χ0) is 19.8. The Hall–Kier alpha value is -0.450. The van der Waals surface area contributed by atoms with Crippen LogP contribution in [-0.2, 0) is 15.9 Å². The average molecular weight is 537 g/mol. The van der Waals surface area contributed by atoms with Crippen LogP contribution in [0.5, 0.6) is 0 Å². The molecule has 2 aliphatic rings. The van der Waals surface area contributed by atoms with Crippen LogP contribution in [0.3, 0.4) is 0 Å². The molecule has 0 radical (unpaired) electrons. The lowest BCUT2D eigenvalue weighted by Crippen LogP contribution is -2.47. The van der Waals surface area contributed by atoms with Crippen molar-refractivity contribution in [2.75, 3.05) is 39.4 Å². The fourth-order valence-electron chi connectivity index (χ4n) is 3.91. The molecule has 6 nitrogen and oxygen atoms in total. The van der Waals surface area contributed by atoms with Crippen LogP contribution in [0.25, 0.3) is 0 Å². The van der Waals surface area contributed by atoms with Gasteiger partial charge in [-0.15, -0.1) is 35.3 Å². The number of thiazole rings is 1. The first-order valence-corrected chi connectivity index (χ1v) is 11.7. The molecule has 3 rings (SSSR count). The smallest absolute Gasteiger partial charge is 0.193 e. The Morgan fingerprint density at radius 3 is 2.69 bits per heavy atom. The van der Waals surface area contributed by atoms with E-state index in [1.54, 1.807) is 11.3 Å². The molecule has 2 aliphatic heterocycles. The third-order valence-electron chi connectivity index (χ3n) is 5.47. The van der Waals surface area contributed by atoms with Gasteiger partial charge in [0.05, 0.1) is 29.5 Å². The SMILES string of the molecule is CCNC(=NCCc1sc(C)nc1C)N1CCC(OCC2CCCCO2)CC1.I. The molecular formula is C21H37IN4O2S. The van der Waals surface area contributed by atoms with E-state index < -0.39 is 0 Å². The molecule has 1 unspecified atom stereocenters. The van der Waals surface area contributed by atoms with Gasteiger partial charge in [0, 0.05) is 44.1 Å². The number of piperidine rings is 1. The minimum atomic E-state index is 0. The van der Waals surface area contributed by atoms with E-state index in [2.05, 4.69) is 36.0 Å². The molecule has 0 aromatic carbocycles. The Kier molecular flexibility index (Phi) is 11.2. The predicted molar refractivity (Wildman–Crippen MR) is 131 cm³/mol. The lowest BCUT2D eigenvalue weighted by molar-refractivity contribution is -0.0721. The molecule has 2 saturated heterocycles. The van der Waals surface area contributed by atoms with Crippen molar-refractivity contribution in [1.82, 2.24) is 15.2 Å². The standard InChI is InChI=1S/C21H36N4O2S.HI/c1-4-22-21(23-11-8-20-16(2)24-17(3)28-20)25-12-9-18(10-13-25)27-15-19-7-5-6-14-26-19;/h18-19H,4-15H2,1-3H3,(H,22,23);1H. The van der Waals surface area contributed by atoms with Crippen molar-refractivity contribution >= 4 is 41.3 Å². The van der Waals surface area contributed by atoms with E-state index in [1.807, 2.05) is 0 Å². The summed E-state index contributed by atoms with van der Waals surface area (Å²) in [6.07, 6.45) is 7.37. The second kappa shape index (κ2) is 13.1. The van der Waals surface area contributed by atoms with Gasteiger partial charge in [0.25, 0.3) is 0 Å². The molecular weight excluding hydrogens is 499 g/mol.